The number of rotatable bonds is 1. The molecule has 1 aromatic heterocycles. The highest BCUT2D eigenvalue weighted by atomic mass is 19.2. The highest BCUT2D eigenvalue weighted by Gasteiger charge is 2.37. The normalized spacial score (nSPS) is 18.0. The van der Waals surface area contributed by atoms with Crippen LogP contribution in [0.15, 0.2) is 70.9 Å². The van der Waals surface area contributed by atoms with E-state index in [0.29, 0.717) is 11.2 Å². The van der Waals surface area contributed by atoms with Crippen LogP contribution in [-0.4, -0.2) is 17.6 Å². The summed E-state index contributed by atoms with van der Waals surface area (Å²) in [7, 11) is -2.62. The van der Waals surface area contributed by atoms with Gasteiger partial charge in [-0.25, -0.2) is 0 Å². The summed E-state index contributed by atoms with van der Waals surface area (Å²) in [5.41, 5.74) is 7.47. The number of halogens is 2. The van der Waals surface area contributed by atoms with E-state index < -0.39 is 7.40 Å². The molecule has 126 valence electrons. The Morgan fingerprint density at radius 1 is 0.923 bits per heavy atom. The average Bonchev–Trinajstić information content (AvgIpc) is 3.23. The Labute approximate surface area is 150 Å². The van der Waals surface area contributed by atoms with Crippen molar-refractivity contribution in [3.63, 3.8) is 0 Å². The third kappa shape index (κ3) is 1.88. The lowest BCUT2D eigenvalue weighted by molar-refractivity contribution is 0.633. The molecule has 0 amide bonds. The van der Waals surface area contributed by atoms with E-state index in [4.69, 9.17) is 0 Å². The Morgan fingerprint density at radius 2 is 1.62 bits per heavy atom. The molecule has 2 aromatic carbocycles. The van der Waals surface area contributed by atoms with Crippen LogP contribution in [-0.2, 0) is 0 Å². The highest BCUT2D eigenvalue weighted by Crippen LogP contribution is 2.51. The van der Waals surface area contributed by atoms with E-state index in [2.05, 4.69) is 4.99 Å². The van der Waals surface area contributed by atoms with E-state index in [1.807, 2.05) is 56.3 Å². The number of allylic oxidation sites excluding steroid dienone is 2. The van der Waals surface area contributed by atoms with Crippen LogP contribution < -0.4 is 0 Å². The number of fused-ring (bicyclic) bond motifs is 5. The first-order valence-corrected chi connectivity index (χ1v) is 8.57. The molecular weight excluding hydrogens is 329 g/mol. The number of hydrogen-bond donors (Lipinski definition) is 0. The molecule has 5 heteroatoms. The maximum Gasteiger partial charge on any atom is 0.678 e. The molecule has 0 N–H and O–H groups in total. The number of aromatic nitrogens is 1. The van der Waals surface area contributed by atoms with E-state index in [0.717, 1.165) is 49.1 Å². The van der Waals surface area contributed by atoms with E-state index >= 15 is 0 Å². The summed E-state index contributed by atoms with van der Waals surface area (Å²) in [6.07, 6.45) is 2.00. The van der Waals surface area contributed by atoms with Gasteiger partial charge in [0.25, 0.3) is 0 Å². The Morgan fingerprint density at radius 3 is 2.31 bits per heavy atom. The molecule has 5 rings (SSSR count). The van der Waals surface area contributed by atoms with Crippen LogP contribution >= 0.6 is 0 Å². The van der Waals surface area contributed by atoms with Crippen molar-refractivity contribution in [1.29, 1.82) is 0 Å². The van der Waals surface area contributed by atoms with Gasteiger partial charge < -0.3 is 4.48 Å². The largest absolute Gasteiger partial charge is 0.678 e. The van der Waals surface area contributed by atoms with Crippen molar-refractivity contribution in [2.45, 2.75) is 13.8 Å². The lowest BCUT2D eigenvalue weighted by Gasteiger charge is -2.11. The van der Waals surface area contributed by atoms with Gasteiger partial charge in [0, 0.05) is 27.8 Å². The monoisotopic (exact) mass is 344 g/mol. The van der Waals surface area contributed by atoms with Gasteiger partial charge in [-0.15, -0.1) is 0 Å². The zero-order valence-electron chi connectivity index (χ0n) is 14.4. The van der Waals surface area contributed by atoms with Gasteiger partial charge in [-0.3, -0.25) is 13.6 Å². The summed E-state index contributed by atoms with van der Waals surface area (Å²) in [4.78, 5) is 4.67. The summed E-state index contributed by atoms with van der Waals surface area (Å²) >= 11 is 0. The number of hydrogen-bond acceptors (Lipinski definition) is 1. The first kappa shape index (κ1) is 15.3. The summed E-state index contributed by atoms with van der Waals surface area (Å²) < 4.78 is 29.4. The molecule has 26 heavy (non-hydrogen) atoms. The van der Waals surface area contributed by atoms with Crippen molar-refractivity contribution < 1.29 is 8.63 Å². The zero-order chi connectivity index (χ0) is 18.0. The smallest absolute Gasteiger partial charge is 0.324 e. The van der Waals surface area contributed by atoms with Gasteiger partial charge >= 0.3 is 7.40 Å². The fourth-order valence-corrected chi connectivity index (χ4v) is 4.20. The first-order chi connectivity index (χ1) is 12.6. The Balaban J connectivity index is 2.02. The standard InChI is InChI=1S/C21H15BF2N2/c1-12-11-13(2)25-20(12)19-15-8-4-3-7-14(15)18-16-9-5-6-10-17(16)26(21(18)19)22(23)24/h3-11H,1-2H3/b20-19-. The molecule has 2 nitrogen and oxygen atoms in total. The quantitative estimate of drug-likeness (QED) is 0.402. The predicted octanol–water partition coefficient (Wildman–Crippen LogP) is 5.57. The second kappa shape index (κ2) is 5.27. The highest BCUT2D eigenvalue weighted by molar-refractivity contribution is 6.44. The SMILES string of the molecule is CC1=CC(C)=N/C1=C1/c2ccccc2-c2c1n(B(F)F)c1ccccc21. The maximum absolute atomic E-state index is 14.1. The van der Waals surface area contributed by atoms with Crippen LogP contribution in [0.1, 0.15) is 25.1 Å². The number of benzene rings is 2. The van der Waals surface area contributed by atoms with Crippen LogP contribution in [0, 0.1) is 0 Å². The zero-order valence-corrected chi connectivity index (χ0v) is 14.4. The van der Waals surface area contributed by atoms with Crippen molar-refractivity contribution in [3.05, 3.63) is 77.1 Å². The molecular formula is C21H15BF2N2. The minimum Gasteiger partial charge on any atom is -0.324 e. The lowest BCUT2D eigenvalue weighted by Crippen LogP contribution is -2.15. The fourth-order valence-electron chi connectivity index (χ4n) is 4.20. The van der Waals surface area contributed by atoms with Crippen LogP contribution in [0.5, 0.6) is 0 Å². The van der Waals surface area contributed by atoms with Gasteiger partial charge in [0.15, 0.2) is 0 Å². The van der Waals surface area contributed by atoms with E-state index in [1.165, 1.54) is 0 Å². The fraction of sp³-hybridized carbons (Fsp3) is 0.0952. The van der Waals surface area contributed by atoms with Crippen LogP contribution in [0.4, 0.5) is 8.63 Å². The molecule has 3 aromatic rings. The molecule has 2 heterocycles. The van der Waals surface area contributed by atoms with Crippen molar-refractivity contribution >= 4 is 29.6 Å². The average molecular weight is 344 g/mol. The molecule has 1 aliphatic heterocycles. The first-order valence-electron chi connectivity index (χ1n) is 8.57. The molecule has 0 unspecified atom stereocenters. The molecule has 0 spiro atoms. The van der Waals surface area contributed by atoms with Gasteiger partial charge in [0.2, 0.25) is 0 Å². The van der Waals surface area contributed by atoms with Crippen LogP contribution in [0.25, 0.3) is 27.6 Å². The van der Waals surface area contributed by atoms with Gasteiger partial charge in [-0.05, 0) is 42.7 Å². The van der Waals surface area contributed by atoms with Crippen LogP contribution in [0.2, 0.25) is 0 Å². The third-order valence-corrected chi connectivity index (χ3v) is 5.13. The van der Waals surface area contributed by atoms with Crippen molar-refractivity contribution in [1.82, 2.24) is 4.48 Å². The van der Waals surface area contributed by atoms with Crippen molar-refractivity contribution in [2.75, 3.05) is 0 Å². The lowest BCUT2D eigenvalue weighted by atomic mass is 10.00. The second-order valence-electron chi connectivity index (χ2n) is 6.74. The molecule has 0 radical (unpaired) electrons. The molecule has 0 atom stereocenters. The maximum atomic E-state index is 14.1. The van der Waals surface area contributed by atoms with Gasteiger partial charge in [0.05, 0.1) is 11.4 Å². The topological polar surface area (TPSA) is 17.3 Å². The molecule has 0 saturated heterocycles. The number of aliphatic imine (C=N–C) groups is 1. The molecule has 0 bridgehead atoms. The van der Waals surface area contributed by atoms with Gasteiger partial charge in [0.1, 0.15) is 0 Å². The third-order valence-electron chi connectivity index (χ3n) is 5.13. The molecule has 2 aliphatic rings. The predicted molar refractivity (Wildman–Crippen MR) is 104 cm³/mol. The molecule has 0 fully saturated rings. The van der Waals surface area contributed by atoms with Crippen molar-refractivity contribution in [2.24, 2.45) is 4.99 Å². The van der Waals surface area contributed by atoms with Crippen LogP contribution in [0.3, 0.4) is 0 Å². The Bertz CT molecular complexity index is 1180. The summed E-state index contributed by atoms with van der Waals surface area (Å²) in [6, 6.07) is 15.3. The molecule has 0 saturated carbocycles. The summed E-state index contributed by atoms with van der Waals surface area (Å²) in [5.74, 6) is 0. The second-order valence-corrected chi connectivity index (χ2v) is 6.74. The summed E-state index contributed by atoms with van der Waals surface area (Å²) in [5, 5.41) is 0.853. The van der Waals surface area contributed by atoms with E-state index in [9.17, 15) is 8.63 Å². The minimum atomic E-state index is -2.62. The van der Waals surface area contributed by atoms with Gasteiger partial charge in [-0.2, -0.15) is 0 Å². The molecule has 1 aliphatic carbocycles. The van der Waals surface area contributed by atoms with Crippen molar-refractivity contribution in [3.8, 4) is 11.1 Å². The minimum absolute atomic E-state index is 0.556. The number of nitrogens with zero attached hydrogens (tertiary/aromatic N) is 2. The van der Waals surface area contributed by atoms with E-state index in [-0.39, 0.29) is 0 Å². The number of para-hydroxylation sites is 1. The van der Waals surface area contributed by atoms with E-state index in [1.54, 1.807) is 12.1 Å². The summed E-state index contributed by atoms with van der Waals surface area (Å²) in [6.45, 7) is 3.92. The Hall–Kier alpha value is -2.95. The Kier molecular flexibility index (Phi) is 3.11. The van der Waals surface area contributed by atoms with Gasteiger partial charge in [-0.1, -0.05) is 42.5 Å².